The molecule has 1 aliphatic rings. The Bertz CT molecular complexity index is 1620. The summed E-state index contributed by atoms with van der Waals surface area (Å²) in [5, 5.41) is 3.28. The number of aromatic nitrogens is 4. The van der Waals surface area contributed by atoms with E-state index in [0.29, 0.717) is 23.7 Å². The van der Waals surface area contributed by atoms with Gasteiger partial charge < -0.3 is 10.3 Å². The van der Waals surface area contributed by atoms with Gasteiger partial charge in [0.15, 0.2) is 0 Å². The van der Waals surface area contributed by atoms with Crippen LogP contribution >= 0.6 is 11.6 Å². The number of fused-ring (bicyclic) bond motifs is 1. The average Bonchev–Trinajstić information content (AvgIpc) is 3.49. The molecular weight excluding hydrogens is 532 g/mol. The second-order valence-corrected chi connectivity index (χ2v) is 10.7. The van der Waals surface area contributed by atoms with Crippen molar-refractivity contribution in [3.05, 3.63) is 136 Å². The maximum absolute atomic E-state index is 12.5. The van der Waals surface area contributed by atoms with E-state index in [0.717, 1.165) is 48.5 Å². The molecule has 3 heterocycles. The number of carbonyl (C=O) groups excluding carboxylic acids is 1. The van der Waals surface area contributed by atoms with E-state index in [-0.39, 0.29) is 11.9 Å². The van der Waals surface area contributed by atoms with E-state index in [4.69, 9.17) is 21.6 Å². The van der Waals surface area contributed by atoms with Gasteiger partial charge in [0.05, 0.1) is 40.8 Å². The minimum absolute atomic E-state index is 0.203. The third-order valence-corrected chi connectivity index (χ3v) is 7.85. The van der Waals surface area contributed by atoms with Crippen LogP contribution in [0.2, 0.25) is 5.02 Å². The van der Waals surface area contributed by atoms with Crippen molar-refractivity contribution in [1.29, 1.82) is 0 Å². The number of pyridine rings is 2. The van der Waals surface area contributed by atoms with Gasteiger partial charge in [-0.05, 0) is 53.6 Å². The van der Waals surface area contributed by atoms with Crippen LogP contribution in [0, 0.1) is 0 Å². The van der Waals surface area contributed by atoms with E-state index in [1.807, 2.05) is 36.7 Å². The van der Waals surface area contributed by atoms with E-state index in [2.05, 4.69) is 62.6 Å². The summed E-state index contributed by atoms with van der Waals surface area (Å²) < 4.78 is 0. The van der Waals surface area contributed by atoms with Crippen molar-refractivity contribution in [1.82, 2.24) is 30.2 Å². The van der Waals surface area contributed by atoms with E-state index < -0.39 is 0 Å². The fourth-order valence-corrected chi connectivity index (χ4v) is 5.66. The zero-order valence-corrected chi connectivity index (χ0v) is 23.4. The van der Waals surface area contributed by atoms with Gasteiger partial charge in [-0.1, -0.05) is 72.3 Å². The van der Waals surface area contributed by atoms with Gasteiger partial charge in [-0.2, -0.15) is 0 Å². The van der Waals surface area contributed by atoms with Crippen molar-refractivity contribution in [3.8, 4) is 11.3 Å². The normalized spacial score (nSPS) is 14.5. The average molecular weight is 563 g/mol. The highest BCUT2D eigenvalue weighted by atomic mass is 35.5. The molecule has 1 unspecified atom stereocenters. The first-order valence-electron chi connectivity index (χ1n) is 13.9. The summed E-state index contributed by atoms with van der Waals surface area (Å²) in [6.07, 6.45) is 10.1. The fourth-order valence-electron chi connectivity index (χ4n) is 5.45. The van der Waals surface area contributed by atoms with Crippen molar-refractivity contribution in [2.75, 3.05) is 0 Å². The van der Waals surface area contributed by atoms with Crippen LogP contribution in [0.1, 0.15) is 57.5 Å². The summed E-state index contributed by atoms with van der Waals surface area (Å²) in [5.41, 5.74) is 7.26. The molecule has 1 amide bonds. The number of benzene rings is 2. The SMILES string of the molecule is O=C(NCc1ccc(CN(Cc2ncc(-c3ccccc3)[nH]2)C2CCCc3cccnc32)cc1)c1ccncc1Cl. The molecule has 0 aliphatic heterocycles. The van der Waals surface area contributed by atoms with Gasteiger partial charge in [-0.25, -0.2) is 4.98 Å². The Hall–Kier alpha value is -4.33. The molecule has 0 saturated carbocycles. The number of amides is 1. The third kappa shape index (κ3) is 6.37. The van der Waals surface area contributed by atoms with Crippen LogP contribution in [0.3, 0.4) is 0 Å². The van der Waals surface area contributed by atoms with Crippen molar-refractivity contribution in [2.24, 2.45) is 0 Å². The van der Waals surface area contributed by atoms with E-state index >= 15 is 0 Å². The Balaban J connectivity index is 1.19. The largest absolute Gasteiger partial charge is 0.348 e. The Kier molecular flexibility index (Phi) is 8.16. The molecule has 0 spiro atoms. The molecule has 0 fully saturated rings. The molecule has 206 valence electrons. The van der Waals surface area contributed by atoms with Crippen LogP contribution in [-0.2, 0) is 26.1 Å². The molecule has 1 aliphatic carbocycles. The predicted molar refractivity (Wildman–Crippen MR) is 160 cm³/mol. The minimum atomic E-state index is -0.218. The molecule has 8 heteroatoms. The molecule has 0 bridgehead atoms. The Morgan fingerprint density at radius 3 is 2.59 bits per heavy atom. The molecule has 3 aromatic heterocycles. The maximum atomic E-state index is 12.5. The molecule has 41 heavy (non-hydrogen) atoms. The van der Waals surface area contributed by atoms with Gasteiger partial charge in [0, 0.05) is 31.7 Å². The van der Waals surface area contributed by atoms with Crippen LogP contribution in [0.25, 0.3) is 11.3 Å². The molecule has 7 nitrogen and oxygen atoms in total. The monoisotopic (exact) mass is 562 g/mol. The fraction of sp³-hybridized carbons (Fsp3) is 0.212. The number of halogens is 1. The van der Waals surface area contributed by atoms with Crippen LogP contribution in [0.15, 0.2) is 97.6 Å². The summed E-state index contributed by atoms with van der Waals surface area (Å²) in [4.78, 5) is 32.1. The number of carbonyl (C=O) groups is 1. The van der Waals surface area contributed by atoms with Crippen molar-refractivity contribution >= 4 is 17.5 Å². The van der Waals surface area contributed by atoms with Crippen LogP contribution < -0.4 is 5.32 Å². The van der Waals surface area contributed by atoms with Gasteiger partial charge in [0.25, 0.3) is 5.91 Å². The third-order valence-electron chi connectivity index (χ3n) is 7.55. The molecule has 1 atom stereocenters. The molecule has 2 N–H and O–H groups in total. The van der Waals surface area contributed by atoms with Crippen molar-refractivity contribution in [2.45, 2.75) is 44.9 Å². The summed E-state index contributed by atoms with van der Waals surface area (Å²) >= 11 is 6.12. The molecule has 2 aromatic carbocycles. The number of H-pyrrole nitrogens is 1. The number of aryl methyl sites for hydroxylation is 1. The molecule has 5 aromatic rings. The topological polar surface area (TPSA) is 86.8 Å². The first kappa shape index (κ1) is 26.9. The molecule has 6 rings (SSSR count). The zero-order chi connectivity index (χ0) is 28.0. The Labute approximate surface area is 244 Å². The number of nitrogens with one attached hydrogen (secondary N) is 2. The number of hydrogen-bond acceptors (Lipinski definition) is 5. The lowest BCUT2D eigenvalue weighted by Gasteiger charge is -2.34. The summed E-state index contributed by atoms with van der Waals surface area (Å²) in [6.45, 7) is 1.84. The molecule has 0 saturated heterocycles. The quantitative estimate of drug-likeness (QED) is 0.213. The maximum Gasteiger partial charge on any atom is 0.253 e. The number of rotatable bonds is 9. The first-order chi connectivity index (χ1) is 20.1. The number of nitrogens with zero attached hydrogens (tertiary/aromatic N) is 4. The van der Waals surface area contributed by atoms with Crippen molar-refractivity contribution in [3.63, 3.8) is 0 Å². The van der Waals surface area contributed by atoms with Crippen LogP contribution in [0.4, 0.5) is 0 Å². The summed E-state index contributed by atoms with van der Waals surface area (Å²) in [5.74, 6) is 0.713. The minimum Gasteiger partial charge on any atom is -0.348 e. The molecular formula is C33H31ClN6O. The lowest BCUT2D eigenvalue weighted by molar-refractivity contribution is 0.0951. The molecule has 0 radical (unpaired) electrons. The summed E-state index contributed by atoms with van der Waals surface area (Å²) in [7, 11) is 0. The Morgan fingerprint density at radius 1 is 0.927 bits per heavy atom. The lowest BCUT2D eigenvalue weighted by atomic mass is 9.90. The second kappa shape index (κ2) is 12.5. The van der Waals surface area contributed by atoms with E-state index in [9.17, 15) is 4.79 Å². The van der Waals surface area contributed by atoms with Gasteiger partial charge in [-0.15, -0.1) is 0 Å². The van der Waals surface area contributed by atoms with Gasteiger partial charge in [0.2, 0.25) is 0 Å². The Morgan fingerprint density at radius 2 is 1.76 bits per heavy atom. The lowest BCUT2D eigenvalue weighted by Crippen LogP contribution is -2.31. The number of imidazole rings is 1. The van der Waals surface area contributed by atoms with Crippen LogP contribution in [0.5, 0.6) is 0 Å². The van der Waals surface area contributed by atoms with Gasteiger partial charge in [-0.3, -0.25) is 19.7 Å². The highest BCUT2D eigenvalue weighted by Gasteiger charge is 2.28. The van der Waals surface area contributed by atoms with Gasteiger partial charge >= 0.3 is 0 Å². The van der Waals surface area contributed by atoms with E-state index in [1.54, 1.807) is 12.3 Å². The smallest absolute Gasteiger partial charge is 0.253 e. The second-order valence-electron chi connectivity index (χ2n) is 10.3. The zero-order valence-electron chi connectivity index (χ0n) is 22.6. The predicted octanol–water partition coefficient (Wildman–Crippen LogP) is 6.53. The first-order valence-corrected chi connectivity index (χ1v) is 14.2. The standard InChI is InChI=1S/C33H31ClN6O/c34-28-19-35-17-15-27(28)33(41)38-18-23-11-13-24(14-12-23)21-40(30-10-4-8-26-9-5-16-36-32(26)30)22-31-37-20-29(39-31)25-6-2-1-3-7-25/h1-3,5-7,9,11-17,19-20,30H,4,8,10,18,21-22H2,(H,37,39)(H,38,41). The van der Waals surface area contributed by atoms with E-state index in [1.165, 1.54) is 23.0 Å². The highest BCUT2D eigenvalue weighted by Crippen LogP contribution is 2.34. The highest BCUT2D eigenvalue weighted by molar-refractivity contribution is 6.33. The summed E-state index contributed by atoms with van der Waals surface area (Å²) in [6, 6.07) is 24.7. The van der Waals surface area contributed by atoms with Crippen LogP contribution in [-0.4, -0.2) is 30.7 Å². The van der Waals surface area contributed by atoms with Crippen molar-refractivity contribution < 1.29 is 4.79 Å². The van der Waals surface area contributed by atoms with Gasteiger partial charge in [0.1, 0.15) is 5.82 Å². The number of hydrogen-bond donors (Lipinski definition) is 2. The number of aromatic amines is 1.